The Kier molecular flexibility index (Phi) is 6.27. The standard InChI is InChI=1S/C23H26BrN3O3/c1-25(14-17-7-3-4-8-19(17)26-11-5-2-6-12-26)22(28)15-27-20-10-9-18(24)13-21(20)30-16-23(27)29/h3-4,7-10,13H,2,5-6,11-12,14-16H2,1H3. The molecule has 30 heavy (non-hydrogen) atoms. The zero-order valence-corrected chi connectivity index (χ0v) is 18.7. The van der Waals surface area contributed by atoms with Gasteiger partial charge in [0.05, 0.1) is 5.69 Å². The van der Waals surface area contributed by atoms with Gasteiger partial charge in [0.15, 0.2) is 6.61 Å². The first kappa shape index (κ1) is 20.7. The molecule has 2 aromatic rings. The van der Waals surface area contributed by atoms with Gasteiger partial charge in [0, 0.05) is 36.8 Å². The van der Waals surface area contributed by atoms with Crippen molar-refractivity contribution >= 4 is 39.1 Å². The van der Waals surface area contributed by atoms with Gasteiger partial charge < -0.3 is 14.5 Å². The number of ether oxygens (including phenoxy) is 1. The third kappa shape index (κ3) is 4.46. The SMILES string of the molecule is CN(Cc1ccccc1N1CCCCC1)C(=O)CN1C(=O)COc2cc(Br)ccc21. The maximum atomic E-state index is 13.0. The zero-order valence-electron chi connectivity index (χ0n) is 17.1. The number of hydrogen-bond donors (Lipinski definition) is 0. The van der Waals surface area contributed by atoms with Crippen molar-refractivity contribution in [3.05, 3.63) is 52.5 Å². The molecule has 0 aromatic heterocycles. The summed E-state index contributed by atoms with van der Waals surface area (Å²) in [4.78, 5) is 31.1. The minimum atomic E-state index is -0.208. The van der Waals surface area contributed by atoms with E-state index in [1.807, 2.05) is 18.2 Å². The van der Waals surface area contributed by atoms with Crippen LogP contribution in [0.15, 0.2) is 46.9 Å². The van der Waals surface area contributed by atoms with Crippen LogP contribution in [0.5, 0.6) is 5.75 Å². The summed E-state index contributed by atoms with van der Waals surface area (Å²) in [6, 6.07) is 13.8. The number of anilines is 2. The fourth-order valence-electron chi connectivity index (χ4n) is 4.04. The number of carbonyl (C=O) groups excluding carboxylic acids is 2. The minimum Gasteiger partial charge on any atom is -0.482 e. The van der Waals surface area contributed by atoms with Crippen LogP contribution in [0.2, 0.25) is 0 Å². The fraction of sp³-hybridized carbons (Fsp3) is 0.391. The molecule has 2 aliphatic heterocycles. The molecule has 6 nitrogen and oxygen atoms in total. The maximum absolute atomic E-state index is 13.0. The van der Waals surface area contributed by atoms with Gasteiger partial charge in [-0.2, -0.15) is 0 Å². The van der Waals surface area contributed by atoms with E-state index in [1.165, 1.54) is 29.8 Å². The molecule has 0 N–H and O–H groups in total. The maximum Gasteiger partial charge on any atom is 0.265 e. The second kappa shape index (κ2) is 9.08. The van der Waals surface area contributed by atoms with E-state index in [4.69, 9.17) is 4.74 Å². The molecular formula is C23H26BrN3O3. The average Bonchev–Trinajstić information content (AvgIpc) is 2.76. The normalized spacial score (nSPS) is 16.1. The quantitative estimate of drug-likeness (QED) is 0.664. The van der Waals surface area contributed by atoms with Gasteiger partial charge in [-0.25, -0.2) is 0 Å². The molecular weight excluding hydrogens is 446 g/mol. The predicted molar refractivity (Wildman–Crippen MR) is 121 cm³/mol. The van der Waals surface area contributed by atoms with Crippen molar-refractivity contribution in [2.45, 2.75) is 25.8 Å². The number of nitrogens with zero attached hydrogens (tertiary/aromatic N) is 3. The van der Waals surface area contributed by atoms with Crippen molar-refractivity contribution in [1.82, 2.24) is 4.90 Å². The summed E-state index contributed by atoms with van der Waals surface area (Å²) in [6.07, 6.45) is 3.69. The molecule has 0 spiro atoms. The smallest absolute Gasteiger partial charge is 0.265 e. The van der Waals surface area contributed by atoms with Crippen LogP contribution in [0, 0.1) is 0 Å². The van der Waals surface area contributed by atoms with Crippen LogP contribution in [0.4, 0.5) is 11.4 Å². The van der Waals surface area contributed by atoms with Crippen molar-refractivity contribution < 1.29 is 14.3 Å². The molecule has 0 bridgehead atoms. The van der Waals surface area contributed by atoms with Gasteiger partial charge in [0.1, 0.15) is 12.3 Å². The van der Waals surface area contributed by atoms with Gasteiger partial charge in [-0.1, -0.05) is 34.1 Å². The number of piperidine rings is 1. The number of rotatable bonds is 5. The van der Waals surface area contributed by atoms with Gasteiger partial charge in [-0.3, -0.25) is 14.5 Å². The molecule has 4 rings (SSSR count). The van der Waals surface area contributed by atoms with Crippen LogP contribution >= 0.6 is 15.9 Å². The number of fused-ring (bicyclic) bond motifs is 1. The Hall–Kier alpha value is -2.54. The number of amides is 2. The van der Waals surface area contributed by atoms with Crippen LogP contribution in [-0.2, 0) is 16.1 Å². The molecule has 0 aliphatic carbocycles. The van der Waals surface area contributed by atoms with Crippen molar-refractivity contribution in [2.24, 2.45) is 0 Å². The lowest BCUT2D eigenvalue weighted by Gasteiger charge is -2.32. The fourth-order valence-corrected chi connectivity index (χ4v) is 4.38. The average molecular weight is 472 g/mol. The Labute approximate surface area is 185 Å². The molecule has 2 amide bonds. The first-order valence-electron chi connectivity index (χ1n) is 10.3. The molecule has 0 unspecified atom stereocenters. The van der Waals surface area contributed by atoms with Gasteiger partial charge in [-0.15, -0.1) is 0 Å². The topological polar surface area (TPSA) is 53.1 Å². The zero-order chi connectivity index (χ0) is 21.1. The molecule has 7 heteroatoms. The van der Waals surface area contributed by atoms with Crippen molar-refractivity contribution in [1.29, 1.82) is 0 Å². The monoisotopic (exact) mass is 471 g/mol. The van der Waals surface area contributed by atoms with Gasteiger partial charge in [0.2, 0.25) is 5.91 Å². The number of para-hydroxylation sites is 1. The summed E-state index contributed by atoms with van der Waals surface area (Å²) in [5.41, 5.74) is 2.97. The molecule has 1 fully saturated rings. The first-order valence-corrected chi connectivity index (χ1v) is 11.1. The van der Waals surface area contributed by atoms with Crippen LogP contribution < -0.4 is 14.5 Å². The highest BCUT2D eigenvalue weighted by molar-refractivity contribution is 9.10. The molecule has 0 atom stereocenters. The number of halogens is 1. The van der Waals surface area contributed by atoms with Gasteiger partial charge in [0.25, 0.3) is 5.91 Å². The minimum absolute atomic E-state index is 0.000787. The second-order valence-electron chi connectivity index (χ2n) is 7.81. The van der Waals surface area contributed by atoms with Crippen LogP contribution in [0.25, 0.3) is 0 Å². The largest absolute Gasteiger partial charge is 0.482 e. The highest BCUT2D eigenvalue weighted by atomic mass is 79.9. The summed E-state index contributed by atoms with van der Waals surface area (Å²) in [5, 5.41) is 0. The highest BCUT2D eigenvalue weighted by Gasteiger charge is 2.28. The van der Waals surface area contributed by atoms with E-state index < -0.39 is 0 Å². The van der Waals surface area contributed by atoms with Crippen molar-refractivity contribution in [3.8, 4) is 5.75 Å². The summed E-state index contributed by atoms with van der Waals surface area (Å²) in [6.45, 7) is 2.57. The van der Waals surface area contributed by atoms with Crippen molar-refractivity contribution in [2.75, 3.05) is 43.1 Å². The summed E-state index contributed by atoms with van der Waals surface area (Å²) in [7, 11) is 1.79. The number of carbonyl (C=O) groups is 2. The number of hydrogen-bond acceptors (Lipinski definition) is 4. The van der Waals surface area contributed by atoms with Crippen LogP contribution in [0.1, 0.15) is 24.8 Å². The first-order chi connectivity index (χ1) is 14.5. The Morgan fingerprint density at radius 1 is 1.10 bits per heavy atom. The number of likely N-dealkylation sites (N-methyl/N-ethyl adjacent to an activating group) is 1. The van der Waals surface area contributed by atoms with E-state index in [0.29, 0.717) is 18.0 Å². The lowest BCUT2D eigenvalue weighted by molar-refractivity contribution is -0.131. The molecule has 2 heterocycles. The van der Waals surface area contributed by atoms with Crippen molar-refractivity contribution in [3.63, 3.8) is 0 Å². The van der Waals surface area contributed by atoms with E-state index >= 15 is 0 Å². The van der Waals surface area contributed by atoms with Gasteiger partial charge >= 0.3 is 0 Å². The number of benzene rings is 2. The molecule has 2 aliphatic rings. The summed E-state index contributed by atoms with van der Waals surface area (Å²) >= 11 is 3.41. The Balaban J connectivity index is 1.47. The third-order valence-corrected chi connectivity index (χ3v) is 6.17. The van der Waals surface area contributed by atoms with Crippen LogP contribution in [-0.4, -0.2) is 50.0 Å². The van der Waals surface area contributed by atoms with Crippen LogP contribution in [0.3, 0.4) is 0 Å². The molecule has 0 radical (unpaired) electrons. The van der Waals surface area contributed by atoms with E-state index in [2.05, 4.69) is 39.0 Å². The van der Waals surface area contributed by atoms with E-state index in [-0.39, 0.29) is 25.0 Å². The molecule has 2 aromatic carbocycles. The predicted octanol–water partition coefficient (Wildman–Crippen LogP) is 3.82. The Morgan fingerprint density at radius 3 is 2.67 bits per heavy atom. The molecule has 1 saturated heterocycles. The van der Waals surface area contributed by atoms with E-state index in [0.717, 1.165) is 23.1 Å². The third-order valence-electron chi connectivity index (χ3n) is 5.68. The lowest BCUT2D eigenvalue weighted by atomic mass is 10.1. The van der Waals surface area contributed by atoms with Gasteiger partial charge in [-0.05, 0) is 49.1 Å². The van der Waals surface area contributed by atoms with E-state index in [9.17, 15) is 9.59 Å². The second-order valence-corrected chi connectivity index (χ2v) is 8.72. The van der Waals surface area contributed by atoms with E-state index in [1.54, 1.807) is 18.0 Å². The molecule has 0 saturated carbocycles. The highest BCUT2D eigenvalue weighted by Crippen LogP contribution is 2.34. The Morgan fingerprint density at radius 2 is 1.87 bits per heavy atom. The Bertz CT molecular complexity index is 943. The summed E-state index contributed by atoms with van der Waals surface area (Å²) in [5.74, 6) is 0.294. The lowest BCUT2D eigenvalue weighted by Crippen LogP contribution is -2.45. The summed E-state index contributed by atoms with van der Waals surface area (Å²) < 4.78 is 6.38. The molecule has 158 valence electrons.